The molecule has 0 bridgehead atoms. The summed E-state index contributed by atoms with van der Waals surface area (Å²) in [6.07, 6.45) is 0. The normalized spacial score (nSPS) is 10.7. The fourth-order valence-electron chi connectivity index (χ4n) is 1.30. The average Bonchev–Trinajstić information content (AvgIpc) is 2.42. The number of H-pyrrole nitrogens is 2. The molecule has 15 heavy (non-hydrogen) atoms. The van der Waals surface area contributed by atoms with Gasteiger partial charge in [0.15, 0.2) is 0 Å². The van der Waals surface area contributed by atoms with Gasteiger partial charge in [0.05, 0.1) is 7.05 Å². The molecule has 9 heteroatoms. The third kappa shape index (κ3) is 1.21. The fourth-order valence-corrected chi connectivity index (χ4v) is 1.30. The van der Waals surface area contributed by atoms with Gasteiger partial charge in [-0.1, -0.05) is 0 Å². The number of nitro groups is 1. The Labute approximate surface area is 80.5 Å². The fraction of sp³-hybridized carbons (Fsp3) is 0.167. The number of nitrogens with zero attached hydrogens (tertiary/aromatic N) is 3. The highest BCUT2D eigenvalue weighted by Crippen LogP contribution is 2.12. The van der Waals surface area contributed by atoms with Crippen molar-refractivity contribution in [1.29, 1.82) is 0 Å². The molecule has 0 amide bonds. The Morgan fingerprint density at radius 1 is 1.40 bits per heavy atom. The van der Waals surface area contributed by atoms with Gasteiger partial charge in [0.1, 0.15) is 0 Å². The van der Waals surface area contributed by atoms with Crippen molar-refractivity contribution in [1.82, 2.24) is 19.5 Å². The van der Waals surface area contributed by atoms with Gasteiger partial charge in [0.25, 0.3) is 11.2 Å². The minimum Gasteiger partial charge on any atom is -0.390 e. The second-order valence-electron chi connectivity index (χ2n) is 2.83. The Balaban J connectivity index is 3.01. The molecule has 0 radical (unpaired) electrons. The topological polar surface area (TPSA) is 127 Å². The number of aryl methyl sites for hydroxylation is 1. The first-order chi connectivity index (χ1) is 7.00. The van der Waals surface area contributed by atoms with Gasteiger partial charge in [-0.15, -0.1) is 0 Å². The van der Waals surface area contributed by atoms with Gasteiger partial charge < -0.3 is 10.1 Å². The van der Waals surface area contributed by atoms with Crippen molar-refractivity contribution in [3.8, 4) is 0 Å². The second-order valence-corrected chi connectivity index (χ2v) is 2.83. The number of rotatable bonds is 1. The molecule has 0 saturated heterocycles. The number of hydrogen-bond acceptors (Lipinski definition) is 5. The van der Waals surface area contributed by atoms with Crippen LogP contribution in [0.4, 0.5) is 5.95 Å². The van der Waals surface area contributed by atoms with Crippen LogP contribution < -0.4 is 11.2 Å². The number of nitrogens with one attached hydrogen (secondary N) is 2. The zero-order valence-corrected chi connectivity index (χ0v) is 7.47. The Morgan fingerprint density at radius 3 is 2.67 bits per heavy atom. The summed E-state index contributed by atoms with van der Waals surface area (Å²) >= 11 is 0. The zero-order chi connectivity index (χ0) is 11.2. The molecule has 0 aliphatic rings. The number of hydrogen-bond donors (Lipinski definition) is 2. The van der Waals surface area contributed by atoms with Crippen LogP contribution in [0.2, 0.25) is 0 Å². The summed E-state index contributed by atoms with van der Waals surface area (Å²) in [6, 6.07) is 0. The van der Waals surface area contributed by atoms with Crippen LogP contribution in [-0.2, 0) is 7.05 Å². The minimum absolute atomic E-state index is 0.0405. The molecule has 2 rings (SSSR count). The molecule has 9 nitrogen and oxygen atoms in total. The van der Waals surface area contributed by atoms with Gasteiger partial charge in [-0.3, -0.25) is 14.8 Å². The van der Waals surface area contributed by atoms with Crippen LogP contribution in [0, 0.1) is 10.1 Å². The quantitative estimate of drug-likeness (QED) is 0.455. The maximum absolute atomic E-state index is 11.3. The van der Waals surface area contributed by atoms with Crippen molar-refractivity contribution in [2.45, 2.75) is 0 Å². The predicted octanol–water partition coefficient (Wildman–Crippen LogP) is -1.14. The molecular weight excluding hydrogens is 206 g/mol. The molecule has 0 aliphatic carbocycles. The zero-order valence-electron chi connectivity index (χ0n) is 7.47. The van der Waals surface area contributed by atoms with E-state index in [0.29, 0.717) is 0 Å². The highest BCUT2D eigenvalue weighted by molar-refractivity contribution is 5.71. The molecule has 2 heterocycles. The van der Waals surface area contributed by atoms with E-state index in [1.807, 2.05) is 4.98 Å². The molecule has 0 aliphatic heterocycles. The van der Waals surface area contributed by atoms with Crippen molar-refractivity contribution in [3.05, 3.63) is 31.0 Å². The van der Waals surface area contributed by atoms with Crippen LogP contribution >= 0.6 is 0 Å². The van der Waals surface area contributed by atoms with Crippen LogP contribution in [-0.4, -0.2) is 24.4 Å². The van der Waals surface area contributed by atoms with Gasteiger partial charge in [0.2, 0.25) is 5.52 Å². The van der Waals surface area contributed by atoms with Crippen LogP contribution in [0.3, 0.4) is 0 Å². The molecule has 0 saturated carbocycles. The Hall–Kier alpha value is -2.45. The van der Waals surface area contributed by atoms with Crippen molar-refractivity contribution in [2.75, 3.05) is 0 Å². The van der Waals surface area contributed by atoms with E-state index < -0.39 is 22.1 Å². The first-order valence-corrected chi connectivity index (χ1v) is 3.84. The van der Waals surface area contributed by atoms with E-state index >= 15 is 0 Å². The maximum atomic E-state index is 11.3. The second kappa shape index (κ2) is 2.77. The standard InChI is InChI=1S/C6H5N5O4/c1-10-2-3(8-6(10)11(14)15)7-5(13)9-4(2)12/h1H3,(H2,7,9,12,13). The Kier molecular flexibility index (Phi) is 1.68. The average molecular weight is 211 g/mol. The van der Waals surface area contributed by atoms with Crippen LogP contribution in [0.15, 0.2) is 9.59 Å². The largest absolute Gasteiger partial charge is 0.437 e. The van der Waals surface area contributed by atoms with Crippen molar-refractivity contribution in [2.24, 2.45) is 7.05 Å². The molecule has 2 N–H and O–H groups in total. The van der Waals surface area contributed by atoms with Crippen LogP contribution in [0.25, 0.3) is 11.2 Å². The third-order valence-corrected chi connectivity index (χ3v) is 1.91. The summed E-state index contributed by atoms with van der Waals surface area (Å²) < 4.78 is 1.00. The van der Waals surface area contributed by atoms with E-state index in [2.05, 4.69) is 9.97 Å². The first kappa shape index (κ1) is 9.12. The first-order valence-electron chi connectivity index (χ1n) is 3.84. The van der Waals surface area contributed by atoms with E-state index in [9.17, 15) is 19.7 Å². The molecule has 78 valence electrons. The minimum atomic E-state index is -0.750. The molecule has 0 spiro atoms. The van der Waals surface area contributed by atoms with Gasteiger partial charge in [0, 0.05) is 0 Å². The lowest BCUT2D eigenvalue weighted by Crippen LogP contribution is -2.22. The number of imidazole rings is 1. The van der Waals surface area contributed by atoms with Crippen molar-refractivity contribution in [3.63, 3.8) is 0 Å². The molecular formula is C6H5N5O4. The highest BCUT2D eigenvalue weighted by atomic mass is 16.6. The summed E-state index contributed by atoms with van der Waals surface area (Å²) in [5.74, 6) is -0.502. The summed E-state index contributed by atoms with van der Waals surface area (Å²) in [7, 11) is 1.32. The summed E-state index contributed by atoms with van der Waals surface area (Å²) in [5.41, 5.74) is -1.60. The molecule has 2 aromatic heterocycles. The van der Waals surface area contributed by atoms with Crippen LogP contribution in [0.5, 0.6) is 0 Å². The van der Waals surface area contributed by atoms with E-state index in [0.717, 1.165) is 4.57 Å². The Bertz CT molecular complexity index is 662. The smallest absolute Gasteiger partial charge is 0.390 e. The molecule has 0 atom stereocenters. The summed E-state index contributed by atoms with van der Waals surface area (Å²) in [5, 5.41) is 10.5. The number of aromatic amines is 2. The van der Waals surface area contributed by atoms with E-state index in [1.165, 1.54) is 7.05 Å². The van der Waals surface area contributed by atoms with Gasteiger partial charge in [-0.2, -0.15) is 0 Å². The van der Waals surface area contributed by atoms with Gasteiger partial charge in [-0.25, -0.2) is 9.36 Å². The SMILES string of the molecule is Cn1c([N+](=O)[O-])nc2[nH]c(=O)[nH]c(=O)c21. The van der Waals surface area contributed by atoms with Crippen LogP contribution in [0.1, 0.15) is 0 Å². The van der Waals surface area contributed by atoms with Crippen molar-refractivity contribution < 1.29 is 4.92 Å². The Morgan fingerprint density at radius 2 is 2.07 bits per heavy atom. The summed E-state index contributed by atoms with van der Waals surface area (Å²) in [4.78, 5) is 39.6. The van der Waals surface area contributed by atoms with E-state index in [-0.39, 0.29) is 11.2 Å². The molecule has 0 unspecified atom stereocenters. The highest BCUT2D eigenvalue weighted by Gasteiger charge is 2.22. The number of aromatic nitrogens is 4. The predicted molar refractivity (Wildman–Crippen MR) is 48.6 cm³/mol. The maximum Gasteiger partial charge on any atom is 0.437 e. The van der Waals surface area contributed by atoms with Gasteiger partial charge in [-0.05, 0) is 9.91 Å². The van der Waals surface area contributed by atoms with E-state index in [1.54, 1.807) is 0 Å². The molecule has 0 aromatic carbocycles. The van der Waals surface area contributed by atoms with E-state index in [4.69, 9.17) is 0 Å². The molecule has 2 aromatic rings. The monoisotopic (exact) mass is 211 g/mol. The molecule has 0 fully saturated rings. The lowest BCUT2D eigenvalue weighted by atomic mass is 10.5. The third-order valence-electron chi connectivity index (χ3n) is 1.91. The lowest BCUT2D eigenvalue weighted by Gasteiger charge is -1.91. The van der Waals surface area contributed by atoms with Gasteiger partial charge >= 0.3 is 11.6 Å². The number of fused-ring (bicyclic) bond motifs is 1. The lowest BCUT2D eigenvalue weighted by molar-refractivity contribution is -0.396. The summed E-state index contributed by atoms with van der Waals surface area (Å²) in [6.45, 7) is 0. The van der Waals surface area contributed by atoms with Crippen molar-refractivity contribution >= 4 is 17.1 Å².